The molecule has 2 amide bonds. The van der Waals surface area contributed by atoms with Crippen LogP contribution in [0, 0.1) is 11.8 Å². The maximum Gasteiger partial charge on any atom is 0.306 e. The molecule has 1 saturated carbocycles. The lowest BCUT2D eigenvalue weighted by molar-refractivity contribution is -0.142. The van der Waals surface area contributed by atoms with Crippen LogP contribution in [0.5, 0.6) is 0 Å². The number of hydrogen-bond acceptors (Lipinski definition) is 3. The van der Waals surface area contributed by atoms with Crippen LogP contribution < -0.4 is 10.6 Å². The summed E-state index contributed by atoms with van der Waals surface area (Å²) in [6.07, 6.45) is 2.39. The molecule has 26 heavy (non-hydrogen) atoms. The van der Waals surface area contributed by atoms with Crippen molar-refractivity contribution < 1.29 is 19.5 Å². The first kappa shape index (κ1) is 20.2. The molecular formula is C19H25ClN2O4. The van der Waals surface area contributed by atoms with E-state index in [9.17, 15) is 14.4 Å². The van der Waals surface area contributed by atoms with Crippen LogP contribution in [-0.2, 0) is 9.59 Å². The Labute approximate surface area is 158 Å². The summed E-state index contributed by atoms with van der Waals surface area (Å²) < 4.78 is 0. The second-order valence-corrected chi connectivity index (χ2v) is 7.53. The Morgan fingerprint density at radius 3 is 2.15 bits per heavy atom. The van der Waals surface area contributed by atoms with Crippen molar-refractivity contribution in [3.8, 4) is 0 Å². The molecule has 1 unspecified atom stereocenters. The van der Waals surface area contributed by atoms with Crippen molar-refractivity contribution in [3.05, 3.63) is 34.9 Å². The van der Waals surface area contributed by atoms with E-state index in [1.165, 1.54) is 0 Å². The van der Waals surface area contributed by atoms with Crippen molar-refractivity contribution in [1.29, 1.82) is 0 Å². The number of halogens is 1. The fraction of sp³-hybridized carbons (Fsp3) is 0.526. The summed E-state index contributed by atoms with van der Waals surface area (Å²) in [6, 6.07) is 5.77. The van der Waals surface area contributed by atoms with Gasteiger partial charge in [-0.1, -0.05) is 25.4 Å². The molecule has 2 rings (SSSR count). The molecule has 0 saturated heterocycles. The van der Waals surface area contributed by atoms with E-state index in [0.29, 0.717) is 36.3 Å². The summed E-state index contributed by atoms with van der Waals surface area (Å²) in [7, 11) is 0. The summed E-state index contributed by atoms with van der Waals surface area (Å²) in [6.45, 7) is 3.74. The number of nitrogens with one attached hydrogen (secondary N) is 2. The Kier molecular flexibility index (Phi) is 7.03. The first-order valence-corrected chi connectivity index (χ1v) is 9.25. The highest BCUT2D eigenvalue weighted by Gasteiger charge is 2.30. The topological polar surface area (TPSA) is 95.5 Å². The number of carboxylic acid groups (broad SMARTS) is 1. The Bertz CT molecular complexity index is 652. The van der Waals surface area contributed by atoms with E-state index in [2.05, 4.69) is 10.6 Å². The lowest BCUT2D eigenvalue weighted by atomic mass is 9.86. The van der Waals surface area contributed by atoms with Gasteiger partial charge in [0.25, 0.3) is 5.91 Å². The van der Waals surface area contributed by atoms with Gasteiger partial charge in [0, 0.05) is 16.6 Å². The van der Waals surface area contributed by atoms with Crippen molar-refractivity contribution in [2.24, 2.45) is 11.8 Å². The van der Waals surface area contributed by atoms with Crippen LogP contribution >= 0.6 is 11.6 Å². The van der Waals surface area contributed by atoms with E-state index in [1.807, 2.05) is 13.8 Å². The molecule has 1 aliphatic rings. The van der Waals surface area contributed by atoms with E-state index in [4.69, 9.17) is 16.7 Å². The minimum Gasteiger partial charge on any atom is -0.481 e. The molecule has 0 aromatic heterocycles. The fourth-order valence-corrected chi connectivity index (χ4v) is 3.26. The quantitative estimate of drug-likeness (QED) is 0.707. The van der Waals surface area contributed by atoms with Gasteiger partial charge in [-0.2, -0.15) is 0 Å². The van der Waals surface area contributed by atoms with Crippen LogP contribution in [0.25, 0.3) is 0 Å². The van der Waals surface area contributed by atoms with Crippen LogP contribution in [-0.4, -0.2) is 35.0 Å². The van der Waals surface area contributed by atoms with Gasteiger partial charge >= 0.3 is 5.97 Å². The van der Waals surface area contributed by atoms with E-state index in [1.54, 1.807) is 24.3 Å². The van der Waals surface area contributed by atoms with Gasteiger partial charge in [-0.05, 0) is 55.9 Å². The Hall–Kier alpha value is -2.08. The van der Waals surface area contributed by atoms with Gasteiger partial charge in [-0.3, -0.25) is 14.4 Å². The van der Waals surface area contributed by atoms with Gasteiger partial charge in [0.2, 0.25) is 5.91 Å². The number of aliphatic carboxylic acids is 1. The van der Waals surface area contributed by atoms with Gasteiger partial charge in [0.05, 0.1) is 5.92 Å². The number of amides is 2. The van der Waals surface area contributed by atoms with Crippen molar-refractivity contribution in [1.82, 2.24) is 10.6 Å². The minimum absolute atomic E-state index is 0.0493. The van der Waals surface area contributed by atoms with Gasteiger partial charge in [0.1, 0.15) is 6.04 Å². The zero-order valence-electron chi connectivity index (χ0n) is 15.0. The van der Waals surface area contributed by atoms with E-state index in [-0.39, 0.29) is 29.7 Å². The zero-order chi connectivity index (χ0) is 19.3. The van der Waals surface area contributed by atoms with Gasteiger partial charge < -0.3 is 15.7 Å². The highest BCUT2D eigenvalue weighted by atomic mass is 35.5. The van der Waals surface area contributed by atoms with Crippen LogP contribution in [0.4, 0.5) is 0 Å². The molecule has 0 aliphatic heterocycles. The highest BCUT2D eigenvalue weighted by Crippen LogP contribution is 2.24. The van der Waals surface area contributed by atoms with Crippen LogP contribution in [0.15, 0.2) is 24.3 Å². The fourth-order valence-electron chi connectivity index (χ4n) is 3.14. The van der Waals surface area contributed by atoms with Gasteiger partial charge in [0.15, 0.2) is 0 Å². The number of hydrogen-bond donors (Lipinski definition) is 3. The number of carbonyl (C=O) groups is 3. The third kappa shape index (κ3) is 5.46. The third-order valence-corrected chi connectivity index (χ3v) is 5.02. The number of benzene rings is 1. The predicted molar refractivity (Wildman–Crippen MR) is 99.1 cm³/mol. The van der Waals surface area contributed by atoms with Crippen molar-refractivity contribution in [2.75, 3.05) is 0 Å². The Balaban J connectivity index is 1.94. The molecule has 1 aromatic rings. The third-order valence-electron chi connectivity index (χ3n) is 4.76. The van der Waals surface area contributed by atoms with Crippen molar-refractivity contribution >= 4 is 29.4 Å². The molecule has 1 aromatic carbocycles. The summed E-state index contributed by atoms with van der Waals surface area (Å²) in [5.74, 6) is -1.74. The summed E-state index contributed by atoms with van der Waals surface area (Å²) in [4.78, 5) is 36.0. The maximum atomic E-state index is 12.6. The molecule has 0 radical (unpaired) electrons. The van der Waals surface area contributed by atoms with Crippen LogP contribution in [0.3, 0.4) is 0 Å². The largest absolute Gasteiger partial charge is 0.481 e. The number of rotatable bonds is 6. The second kappa shape index (κ2) is 9.03. The molecule has 7 heteroatoms. The smallest absolute Gasteiger partial charge is 0.306 e. The second-order valence-electron chi connectivity index (χ2n) is 7.10. The molecule has 1 atom stereocenters. The molecular weight excluding hydrogens is 356 g/mol. The molecule has 1 fully saturated rings. The van der Waals surface area contributed by atoms with Crippen LogP contribution in [0.1, 0.15) is 49.9 Å². The highest BCUT2D eigenvalue weighted by molar-refractivity contribution is 6.30. The maximum absolute atomic E-state index is 12.6. The SMILES string of the molecule is CC(C)C(NC(=O)c1ccc(Cl)cc1)C(=O)NC1CCC(C(=O)O)CC1. The van der Waals surface area contributed by atoms with Crippen molar-refractivity contribution in [2.45, 2.75) is 51.6 Å². The predicted octanol–water partition coefficient (Wildman–Crippen LogP) is 2.85. The molecule has 3 N–H and O–H groups in total. The summed E-state index contributed by atoms with van der Waals surface area (Å²) in [5.41, 5.74) is 0.440. The monoisotopic (exact) mass is 380 g/mol. The Morgan fingerprint density at radius 1 is 1.08 bits per heavy atom. The lowest BCUT2D eigenvalue weighted by Gasteiger charge is -2.29. The number of carboxylic acids is 1. The average molecular weight is 381 g/mol. The molecule has 0 bridgehead atoms. The minimum atomic E-state index is -0.773. The lowest BCUT2D eigenvalue weighted by Crippen LogP contribution is -2.52. The molecule has 142 valence electrons. The summed E-state index contributed by atoms with van der Waals surface area (Å²) >= 11 is 5.83. The van der Waals surface area contributed by atoms with Gasteiger partial charge in [-0.25, -0.2) is 0 Å². The molecule has 0 heterocycles. The Morgan fingerprint density at radius 2 is 1.65 bits per heavy atom. The standard InChI is InChI=1S/C19H25ClN2O4/c1-11(2)16(22-17(23)12-3-7-14(20)8-4-12)18(24)21-15-9-5-13(6-10-15)19(25)26/h3-4,7-8,11,13,15-16H,5-6,9-10H2,1-2H3,(H,21,24)(H,22,23)(H,25,26). The molecule has 0 spiro atoms. The zero-order valence-corrected chi connectivity index (χ0v) is 15.8. The summed E-state index contributed by atoms with van der Waals surface area (Å²) in [5, 5.41) is 15.3. The van der Waals surface area contributed by atoms with E-state index < -0.39 is 12.0 Å². The normalized spacial score (nSPS) is 21.1. The van der Waals surface area contributed by atoms with Crippen LogP contribution in [0.2, 0.25) is 5.02 Å². The molecule has 6 nitrogen and oxygen atoms in total. The average Bonchev–Trinajstić information content (AvgIpc) is 2.60. The van der Waals surface area contributed by atoms with E-state index >= 15 is 0 Å². The van der Waals surface area contributed by atoms with Crippen molar-refractivity contribution in [3.63, 3.8) is 0 Å². The van der Waals surface area contributed by atoms with E-state index in [0.717, 1.165) is 0 Å². The molecule has 1 aliphatic carbocycles. The first-order valence-electron chi connectivity index (χ1n) is 8.87. The first-order chi connectivity index (χ1) is 12.3. The van der Waals surface area contributed by atoms with Gasteiger partial charge in [-0.15, -0.1) is 0 Å². The number of carbonyl (C=O) groups excluding carboxylic acids is 2.